The molecule has 0 aliphatic carbocycles. The molecule has 4 nitrogen and oxygen atoms in total. The highest BCUT2D eigenvalue weighted by atomic mass is 19.4. The van der Waals surface area contributed by atoms with Crippen molar-refractivity contribution in [1.82, 2.24) is 14.8 Å². The molecule has 96 valence electrons. The SMILES string of the molecule is CNc1cccnc1-n1nc(C)cc1C(F)(F)F. The third kappa shape index (κ3) is 2.15. The highest BCUT2D eigenvalue weighted by molar-refractivity contribution is 5.56. The first-order chi connectivity index (χ1) is 8.43. The number of alkyl halides is 3. The van der Waals surface area contributed by atoms with Crippen molar-refractivity contribution in [1.29, 1.82) is 0 Å². The number of aromatic nitrogens is 3. The molecule has 0 amide bonds. The second kappa shape index (κ2) is 4.32. The lowest BCUT2D eigenvalue weighted by atomic mass is 10.3. The minimum Gasteiger partial charge on any atom is -0.385 e. The number of hydrogen-bond acceptors (Lipinski definition) is 3. The van der Waals surface area contributed by atoms with Gasteiger partial charge in [-0.15, -0.1) is 0 Å². The predicted molar refractivity (Wildman–Crippen MR) is 60.6 cm³/mol. The summed E-state index contributed by atoms with van der Waals surface area (Å²) >= 11 is 0. The van der Waals surface area contributed by atoms with Gasteiger partial charge in [0.1, 0.15) is 5.69 Å². The monoisotopic (exact) mass is 256 g/mol. The number of nitrogens with zero attached hydrogens (tertiary/aromatic N) is 3. The summed E-state index contributed by atoms with van der Waals surface area (Å²) in [7, 11) is 1.62. The summed E-state index contributed by atoms with van der Waals surface area (Å²) in [6.07, 6.45) is -3.04. The van der Waals surface area contributed by atoms with Crippen molar-refractivity contribution >= 4 is 5.69 Å². The number of rotatable bonds is 2. The van der Waals surface area contributed by atoms with E-state index in [1.54, 1.807) is 19.2 Å². The summed E-state index contributed by atoms with van der Waals surface area (Å²) in [4.78, 5) is 3.95. The van der Waals surface area contributed by atoms with Crippen LogP contribution in [0.4, 0.5) is 18.9 Å². The fourth-order valence-corrected chi connectivity index (χ4v) is 1.62. The van der Waals surface area contributed by atoms with Crippen LogP contribution in [0, 0.1) is 6.92 Å². The van der Waals surface area contributed by atoms with Gasteiger partial charge in [0.15, 0.2) is 5.82 Å². The molecule has 0 aromatic carbocycles. The van der Waals surface area contributed by atoms with E-state index in [4.69, 9.17) is 0 Å². The lowest BCUT2D eigenvalue weighted by Gasteiger charge is -2.12. The highest BCUT2D eigenvalue weighted by Crippen LogP contribution is 2.32. The molecule has 0 fully saturated rings. The minimum atomic E-state index is -4.47. The summed E-state index contributed by atoms with van der Waals surface area (Å²) in [6, 6.07) is 4.27. The summed E-state index contributed by atoms with van der Waals surface area (Å²) in [6.45, 7) is 1.51. The Balaban J connectivity index is 2.64. The van der Waals surface area contributed by atoms with E-state index in [0.29, 0.717) is 5.69 Å². The zero-order valence-electron chi connectivity index (χ0n) is 9.78. The Kier molecular flexibility index (Phi) is 2.98. The van der Waals surface area contributed by atoms with E-state index < -0.39 is 11.9 Å². The van der Waals surface area contributed by atoms with Crippen LogP contribution in [0.2, 0.25) is 0 Å². The topological polar surface area (TPSA) is 42.7 Å². The van der Waals surface area contributed by atoms with E-state index in [0.717, 1.165) is 10.7 Å². The molecule has 2 aromatic rings. The van der Waals surface area contributed by atoms with Gasteiger partial charge in [-0.1, -0.05) is 0 Å². The molecular formula is C11H11F3N4. The van der Waals surface area contributed by atoms with Gasteiger partial charge in [-0.2, -0.15) is 18.3 Å². The van der Waals surface area contributed by atoms with Crippen LogP contribution in [0.3, 0.4) is 0 Å². The number of pyridine rings is 1. The van der Waals surface area contributed by atoms with Crippen LogP contribution in [0.15, 0.2) is 24.4 Å². The van der Waals surface area contributed by atoms with Crippen LogP contribution in [0.5, 0.6) is 0 Å². The van der Waals surface area contributed by atoms with Crippen molar-refractivity contribution in [2.45, 2.75) is 13.1 Å². The summed E-state index contributed by atoms with van der Waals surface area (Å²) < 4.78 is 39.4. The van der Waals surface area contributed by atoms with E-state index in [1.807, 2.05) is 0 Å². The first-order valence-electron chi connectivity index (χ1n) is 5.20. The van der Waals surface area contributed by atoms with E-state index in [9.17, 15) is 13.2 Å². The van der Waals surface area contributed by atoms with E-state index in [-0.39, 0.29) is 11.5 Å². The summed E-state index contributed by atoms with van der Waals surface area (Å²) in [5.41, 5.74) is -0.0728. The quantitative estimate of drug-likeness (QED) is 0.898. The molecule has 2 rings (SSSR count). The molecule has 0 aliphatic heterocycles. The Morgan fingerprint density at radius 2 is 2.06 bits per heavy atom. The first kappa shape index (κ1) is 12.4. The third-order valence-electron chi connectivity index (χ3n) is 2.38. The van der Waals surface area contributed by atoms with Crippen molar-refractivity contribution in [2.75, 3.05) is 12.4 Å². The number of anilines is 1. The fraction of sp³-hybridized carbons (Fsp3) is 0.273. The summed E-state index contributed by atoms with van der Waals surface area (Å²) in [5, 5.41) is 6.64. The van der Waals surface area contributed by atoms with E-state index in [2.05, 4.69) is 15.4 Å². The molecule has 1 N–H and O–H groups in total. The molecule has 18 heavy (non-hydrogen) atoms. The van der Waals surface area contributed by atoms with Gasteiger partial charge in [0.25, 0.3) is 0 Å². The molecule has 0 unspecified atom stereocenters. The molecule has 0 radical (unpaired) electrons. The number of nitrogens with one attached hydrogen (secondary N) is 1. The Labute approximate surface area is 101 Å². The molecular weight excluding hydrogens is 245 g/mol. The van der Waals surface area contributed by atoms with Crippen molar-refractivity contribution in [3.8, 4) is 5.82 Å². The van der Waals surface area contributed by atoms with Crippen LogP contribution in [0.1, 0.15) is 11.4 Å². The average Bonchev–Trinajstić information content (AvgIpc) is 2.71. The Morgan fingerprint density at radius 1 is 1.33 bits per heavy atom. The van der Waals surface area contributed by atoms with Gasteiger partial charge in [0.2, 0.25) is 0 Å². The maximum absolute atomic E-state index is 12.9. The first-order valence-corrected chi connectivity index (χ1v) is 5.20. The van der Waals surface area contributed by atoms with Gasteiger partial charge in [0, 0.05) is 13.2 Å². The fourth-order valence-electron chi connectivity index (χ4n) is 1.62. The second-order valence-electron chi connectivity index (χ2n) is 3.71. The van der Waals surface area contributed by atoms with Gasteiger partial charge in [0.05, 0.1) is 11.4 Å². The lowest BCUT2D eigenvalue weighted by Crippen LogP contribution is -2.15. The van der Waals surface area contributed by atoms with Crippen molar-refractivity contribution in [3.05, 3.63) is 35.8 Å². The van der Waals surface area contributed by atoms with Crippen molar-refractivity contribution in [2.24, 2.45) is 0 Å². The molecule has 0 saturated heterocycles. The molecule has 2 heterocycles. The lowest BCUT2D eigenvalue weighted by molar-refractivity contribution is -0.142. The largest absolute Gasteiger partial charge is 0.433 e. The molecule has 0 aliphatic rings. The van der Waals surface area contributed by atoms with Crippen molar-refractivity contribution in [3.63, 3.8) is 0 Å². The maximum atomic E-state index is 12.9. The molecule has 0 saturated carbocycles. The Hall–Kier alpha value is -2.05. The predicted octanol–water partition coefficient (Wildman–Crippen LogP) is 2.64. The second-order valence-corrected chi connectivity index (χ2v) is 3.71. The third-order valence-corrected chi connectivity index (χ3v) is 2.38. The van der Waals surface area contributed by atoms with Crippen LogP contribution >= 0.6 is 0 Å². The van der Waals surface area contributed by atoms with E-state index >= 15 is 0 Å². The summed E-state index contributed by atoms with van der Waals surface area (Å²) in [5.74, 6) is 0.125. The van der Waals surface area contributed by atoms with Crippen LogP contribution in [-0.4, -0.2) is 21.8 Å². The normalized spacial score (nSPS) is 11.6. The molecule has 0 bridgehead atoms. The molecule has 0 spiro atoms. The van der Waals surface area contributed by atoms with Gasteiger partial charge in [-0.3, -0.25) is 0 Å². The van der Waals surface area contributed by atoms with E-state index in [1.165, 1.54) is 13.1 Å². The standard InChI is InChI=1S/C11H11F3N4/c1-7-6-9(11(12,13)14)18(17-7)10-8(15-2)4-3-5-16-10/h3-6,15H,1-2H3. The smallest absolute Gasteiger partial charge is 0.385 e. The highest BCUT2D eigenvalue weighted by Gasteiger charge is 2.36. The van der Waals surface area contributed by atoms with Gasteiger partial charge < -0.3 is 5.32 Å². The number of aryl methyl sites for hydroxylation is 1. The Morgan fingerprint density at radius 3 is 2.67 bits per heavy atom. The Bertz CT molecular complexity index is 560. The molecule has 7 heteroatoms. The maximum Gasteiger partial charge on any atom is 0.433 e. The van der Waals surface area contributed by atoms with Gasteiger partial charge >= 0.3 is 6.18 Å². The zero-order valence-corrected chi connectivity index (χ0v) is 9.78. The molecule has 2 aromatic heterocycles. The number of hydrogen-bond donors (Lipinski definition) is 1. The van der Waals surface area contributed by atoms with Crippen molar-refractivity contribution < 1.29 is 13.2 Å². The number of halogens is 3. The molecule has 0 atom stereocenters. The zero-order chi connectivity index (χ0) is 13.3. The van der Waals surface area contributed by atoms with Crippen LogP contribution < -0.4 is 5.32 Å². The van der Waals surface area contributed by atoms with Gasteiger partial charge in [-0.25, -0.2) is 9.67 Å². The van der Waals surface area contributed by atoms with Crippen LogP contribution in [0.25, 0.3) is 5.82 Å². The average molecular weight is 256 g/mol. The van der Waals surface area contributed by atoms with Gasteiger partial charge in [-0.05, 0) is 25.1 Å². The van der Waals surface area contributed by atoms with Crippen LogP contribution in [-0.2, 0) is 6.18 Å². The minimum absolute atomic E-state index is 0.125.